The third-order valence-electron chi connectivity index (χ3n) is 9.86. The summed E-state index contributed by atoms with van der Waals surface area (Å²) < 4.78 is 6.93. The molecule has 1 unspecified atom stereocenters. The second-order valence-corrected chi connectivity index (χ2v) is 13.6. The van der Waals surface area contributed by atoms with E-state index in [0.717, 1.165) is 55.2 Å². The number of fused-ring (bicyclic) bond motifs is 9. The predicted molar refractivity (Wildman–Crippen MR) is 199 cm³/mol. The molecule has 3 heterocycles. The number of hydrogen-bond acceptors (Lipinski definition) is 5. The maximum absolute atomic E-state index is 6.93. The molecule has 0 fully saturated rings. The van der Waals surface area contributed by atoms with E-state index in [1.54, 1.807) is 11.3 Å². The molecule has 1 atom stereocenters. The van der Waals surface area contributed by atoms with Gasteiger partial charge in [0.05, 0.1) is 10.3 Å². The van der Waals surface area contributed by atoms with Crippen LogP contribution in [0, 0.1) is 0 Å². The Balaban J connectivity index is 1.12. The molecule has 2 aliphatic heterocycles. The standard InChI is InChI=1S/C44H29N3OS/c1-3-14-28(15-4-1)41-45-42(29-16-5-2-6-17-29)47-43(46-41)39-27-26-38(49-39)32-20-13-24-36-40(32)48-37-25-12-11-23-35(37)44(36)33-21-9-7-18-30(33)31-19-8-10-22-34(31)44/h1-27,41H,(H,45,46,47). The van der Waals surface area contributed by atoms with Crippen molar-refractivity contribution < 1.29 is 4.74 Å². The Bertz CT molecular complexity index is 2420. The molecule has 0 radical (unpaired) electrons. The largest absolute Gasteiger partial charge is 0.456 e. The van der Waals surface area contributed by atoms with E-state index in [1.165, 1.54) is 27.8 Å². The number of benzene rings is 6. The minimum Gasteiger partial charge on any atom is -0.456 e. The summed E-state index contributed by atoms with van der Waals surface area (Å²) in [5.41, 5.74) is 10.1. The van der Waals surface area contributed by atoms with Gasteiger partial charge in [-0.15, -0.1) is 11.3 Å². The van der Waals surface area contributed by atoms with Crippen LogP contribution in [0.15, 0.2) is 174 Å². The molecule has 7 aromatic rings. The van der Waals surface area contributed by atoms with Crippen LogP contribution in [0.25, 0.3) is 21.6 Å². The molecule has 0 bridgehead atoms. The zero-order valence-electron chi connectivity index (χ0n) is 26.4. The smallest absolute Gasteiger partial charge is 0.169 e. The molecule has 6 aromatic carbocycles. The molecule has 49 heavy (non-hydrogen) atoms. The molecule has 1 aromatic heterocycles. The molecule has 232 valence electrons. The summed E-state index contributed by atoms with van der Waals surface area (Å²) in [5, 5.41) is 3.57. The van der Waals surface area contributed by atoms with E-state index in [9.17, 15) is 0 Å². The first-order valence-corrected chi connectivity index (χ1v) is 17.3. The average molecular weight is 648 g/mol. The van der Waals surface area contributed by atoms with Crippen molar-refractivity contribution in [3.8, 4) is 33.1 Å². The minimum absolute atomic E-state index is 0.343. The number of hydrogen-bond donors (Lipinski definition) is 1. The third kappa shape index (κ3) is 4.22. The molecule has 1 N–H and O–H groups in total. The lowest BCUT2D eigenvalue weighted by Crippen LogP contribution is -2.35. The Hall–Kier alpha value is -6.04. The fourth-order valence-electron chi connectivity index (χ4n) is 7.77. The van der Waals surface area contributed by atoms with Gasteiger partial charge >= 0.3 is 0 Å². The number of nitrogens with zero attached hydrogens (tertiary/aromatic N) is 2. The molecule has 0 saturated heterocycles. The Morgan fingerprint density at radius 2 is 1.06 bits per heavy atom. The maximum atomic E-state index is 6.93. The number of aliphatic imine (C=N–C) groups is 2. The first kappa shape index (κ1) is 28.0. The van der Waals surface area contributed by atoms with Crippen LogP contribution in [0.4, 0.5) is 0 Å². The van der Waals surface area contributed by atoms with Crippen LogP contribution in [0.2, 0.25) is 0 Å². The number of rotatable bonds is 4. The van der Waals surface area contributed by atoms with E-state index < -0.39 is 5.41 Å². The first-order valence-electron chi connectivity index (χ1n) is 16.5. The Kier molecular flexibility index (Phi) is 6.30. The lowest BCUT2D eigenvalue weighted by Gasteiger charge is -2.40. The van der Waals surface area contributed by atoms with Crippen molar-refractivity contribution in [2.24, 2.45) is 9.98 Å². The van der Waals surface area contributed by atoms with Crippen molar-refractivity contribution in [3.05, 3.63) is 202 Å². The summed E-state index contributed by atoms with van der Waals surface area (Å²) in [6.07, 6.45) is -0.343. The molecule has 0 amide bonds. The second-order valence-electron chi connectivity index (χ2n) is 12.5. The van der Waals surface area contributed by atoms with Gasteiger partial charge in [0.15, 0.2) is 6.17 Å². The fourth-order valence-corrected chi connectivity index (χ4v) is 8.75. The van der Waals surface area contributed by atoms with Gasteiger partial charge in [0.1, 0.15) is 23.2 Å². The summed E-state index contributed by atoms with van der Waals surface area (Å²) in [5.74, 6) is 3.41. The van der Waals surface area contributed by atoms with E-state index in [0.29, 0.717) is 0 Å². The Morgan fingerprint density at radius 1 is 0.490 bits per heavy atom. The van der Waals surface area contributed by atoms with Crippen LogP contribution in [-0.2, 0) is 5.41 Å². The summed E-state index contributed by atoms with van der Waals surface area (Å²) in [4.78, 5) is 12.3. The third-order valence-corrected chi connectivity index (χ3v) is 11.0. The number of para-hydroxylation sites is 2. The van der Waals surface area contributed by atoms with Crippen LogP contribution in [0.1, 0.15) is 44.4 Å². The average Bonchev–Trinajstić information content (AvgIpc) is 3.78. The van der Waals surface area contributed by atoms with Crippen molar-refractivity contribution in [1.29, 1.82) is 0 Å². The van der Waals surface area contributed by atoms with E-state index in [4.69, 9.17) is 14.7 Å². The van der Waals surface area contributed by atoms with Gasteiger partial charge in [-0.1, -0.05) is 140 Å². The van der Waals surface area contributed by atoms with Crippen LogP contribution in [-0.4, -0.2) is 11.7 Å². The fraction of sp³-hybridized carbons (Fsp3) is 0.0455. The number of amidine groups is 2. The first-order chi connectivity index (χ1) is 24.3. The predicted octanol–water partition coefficient (Wildman–Crippen LogP) is 10.4. The lowest BCUT2D eigenvalue weighted by atomic mass is 9.66. The van der Waals surface area contributed by atoms with Gasteiger partial charge in [0.25, 0.3) is 0 Å². The molecule has 3 aliphatic rings. The second kappa shape index (κ2) is 11.0. The number of ether oxygens (including phenoxy) is 1. The van der Waals surface area contributed by atoms with Gasteiger partial charge < -0.3 is 10.1 Å². The monoisotopic (exact) mass is 647 g/mol. The highest BCUT2D eigenvalue weighted by molar-refractivity contribution is 7.17. The summed E-state index contributed by atoms with van der Waals surface area (Å²) in [6.45, 7) is 0. The van der Waals surface area contributed by atoms with Crippen LogP contribution < -0.4 is 10.1 Å². The number of thiophene rings is 1. The quantitative estimate of drug-likeness (QED) is 0.207. The SMILES string of the molecule is c1ccc(C2=NC(c3ccccc3)N=C(c3ccc(-c4cccc5c4Oc4ccccc4C54c5ccccc5-c5ccccc54)s3)N2)cc1. The van der Waals surface area contributed by atoms with Crippen LogP contribution in [0.5, 0.6) is 11.5 Å². The highest BCUT2D eigenvalue weighted by Gasteiger charge is 2.51. The molecular formula is C44H29N3OS. The molecule has 1 spiro atoms. The van der Waals surface area contributed by atoms with Gasteiger partial charge in [-0.05, 0) is 52.1 Å². The van der Waals surface area contributed by atoms with Crippen molar-refractivity contribution in [2.75, 3.05) is 0 Å². The van der Waals surface area contributed by atoms with Crippen molar-refractivity contribution in [3.63, 3.8) is 0 Å². The van der Waals surface area contributed by atoms with Gasteiger partial charge in [-0.3, -0.25) is 0 Å². The maximum Gasteiger partial charge on any atom is 0.169 e. The number of nitrogens with one attached hydrogen (secondary N) is 1. The van der Waals surface area contributed by atoms with Crippen LogP contribution >= 0.6 is 11.3 Å². The van der Waals surface area contributed by atoms with Gasteiger partial charge in [0, 0.05) is 27.1 Å². The van der Waals surface area contributed by atoms with E-state index in [1.807, 2.05) is 36.4 Å². The molecule has 4 nitrogen and oxygen atoms in total. The molecular weight excluding hydrogens is 619 g/mol. The van der Waals surface area contributed by atoms with Gasteiger partial charge in [-0.25, -0.2) is 9.98 Å². The van der Waals surface area contributed by atoms with E-state index >= 15 is 0 Å². The molecule has 10 rings (SSSR count). The van der Waals surface area contributed by atoms with Gasteiger partial charge in [-0.2, -0.15) is 0 Å². The Morgan fingerprint density at radius 3 is 1.82 bits per heavy atom. The minimum atomic E-state index is -0.494. The van der Waals surface area contributed by atoms with Crippen molar-refractivity contribution in [2.45, 2.75) is 11.6 Å². The van der Waals surface area contributed by atoms with E-state index in [-0.39, 0.29) is 6.17 Å². The zero-order chi connectivity index (χ0) is 32.4. The van der Waals surface area contributed by atoms with E-state index in [2.05, 4.69) is 133 Å². The summed E-state index contributed by atoms with van der Waals surface area (Å²) in [6, 6.07) is 57.7. The highest BCUT2D eigenvalue weighted by Crippen LogP contribution is 2.63. The van der Waals surface area contributed by atoms with Crippen LogP contribution in [0.3, 0.4) is 0 Å². The summed E-state index contributed by atoms with van der Waals surface area (Å²) in [7, 11) is 0. The highest BCUT2D eigenvalue weighted by atomic mass is 32.1. The van der Waals surface area contributed by atoms with Crippen molar-refractivity contribution in [1.82, 2.24) is 5.32 Å². The normalized spacial score (nSPS) is 16.3. The molecule has 1 aliphatic carbocycles. The summed E-state index contributed by atoms with van der Waals surface area (Å²) >= 11 is 1.71. The lowest BCUT2D eigenvalue weighted by molar-refractivity contribution is 0.438. The van der Waals surface area contributed by atoms with Gasteiger partial charge in [0.2, 0.25) is 0 Å². The Labute approximate surface area is 288 Å². The van der Waals surface area contributed by atoms with Crippen molar-refractivity contribution >= 4 is 23.0 Å². The zero-order valence-corrected chi connectivity index (χ0v) is 27.2. The molecule has 0 saturated carbocycles. The molecule has 5 heteroatoms. The topological polar surface area (TPSA) is 46.0 Å².